The van der Waals surface area contributed by atoms with Crippen molar-refractivity contribution < 1.29 is 9.18 Å². The lowest BCUT2D eigenvalue weighted by Crippen LogP contribution is -2.28. The summed E-state index contributed by atoms with van der Waals surface area (Å²) in [6.07, 6.45) is 2.59. The van der Waals surface area contributed by atoms with Crippen LogP contribution in [0, 0.1) is 5.82 Å². The van der Waals surface area contributed by atoms with Gasteiger partial charge < -0.3 is 5.73 Å². The number of carbonyl (C=O) groups excluding carboxylic acids is 1. The fourth-order valence-corrected chi connectivity index (χ4v) is 2.00. The van der Waals surface area contributed by atoms with Gasteiger partial charge in [-0.25, -0.2) is 14.1 Å². The molecule has 1 amide bonds. The van der Waals surface area contributed by atoms with E-state index in [1.165, 1.54) is 41.5 Å². The van der Waals surface area contributed by atoms with Crippen LogP contribution in [0.15, 0.2) is 41.6 Å². The van der Waals surface area contributed by atoms with Gasteiger partial charge in [0, 0.05) is 0 Å². The van der Waals surface area contributed by atoms with Crippen LogP contribution in [0.2, 0.25) is 0 Å². The van der Waals surface area contributed by atoms with Crippen molar-refractivity contribution in [3.8, 4) is 5.69 Å². The number of carbonyl (C=O) groups is 1. The maximum atomic E-state index is 12.9. The smallest absolute Gasteiger partial charge is 0.264 e. The van der Waals surface area contributed by atoms with Crippen LogP contribution in [0.3, 0.4) is 0 Å². The average molecular weight is 287 g/mol. The third-order valence-corrected chi connectivity index (χ3v) is 2.95. The number of aromatic nitrogens is 4. The first kappa shape index (κ1) is 13.0. The van der Waals surface area contributed by atoms with Crippen molar-refractivity contribution in [1.29, 1.82) is 0 Å². The van der Waals surface area contributed by atoms with E-state index < -0.39 is 11.5 Å². The Bertz CT molecular complexity index is 882. The Labute approximate surface area is 117 Å². The summed E-state index contributed by atoms with van der Waals surface area (Å²) in [5.74, 6) is -1.00. The Morgan fingerprint density at radius 1 is 1.29 bits per heavy atom. The van der Waals surface area contributed by atoms with Crippen LogP contribution >= 0.6 is 0 Å². The SMILES string of the molecule is NC(=O)Cn1cnc2c(cnn2-c2ccc(F)cc2)c1=O. The minimum atomic E-state index is -0.635. The molecule has 2 N–H and O–H groups in total. The van der Waals surface area contributed by atoms with Crippen LogP contribution in [0.5, 0.6) is 0 Å². The molecule has 0 spiro atoms. The monoisotopic (exact) mass is 287 g/mol. The number of benzene rings is 1. The van der Waals surface area contributed by atoms with E-state index in [1.54, 1.807) is 0 Å². The number of amides is 1. The van der Waals surface area contributed by atoms with Gasteiger partial charge in [-0.1, -0.05) is 0 Å². The van der Waals surface area contributed by atoms with E-state index in [2.05, 4.69) is 10.1 Å². The highest BCUT2D eigenvalue weighted by molar-refractivity contribution is 5.76. The Balaban J connectivity index is 2.15. The van der Waals surface area contributed by atoms with Gasteiger partial charge >= 0.3 is 0 Å². The molecule has 0 atom stereocenters. The number of fused-ring (bicyclic) bond motifs is 1. The second-order valence-corrected chi connectivity index (χ2v) is 4.41. The first-order chi connectivity index (χ1) is 10.1. The van der Waals surface area contributed by atoms with Crippen molar-refractivity contribution in [3.05, 3.63) is 53.0 Å². The molecule has 3 rings (SSSR count). The molecule has 0 saturated carbocycles. The number of hydrogen-bond acceptors (Lipinski definition) is 4. The van der Waals surface area contributed by atoms with Crippen LogP contribution in [0.1, 0.15) is 0 Å². The Morgan fingerprint density at radius 2 is 2.00 bits per heavy atom. The van der Waals surface area contributed by atoms with Crippen molar-refractivity contribution in [1.82, 2.24) is 19.3 Å². The molecule has 8 heteroatoms. The molecule has 7 nitrogen and oxygen atoms in total. The Kier molecular flexibility index (Phi) is 2.98. The lowest BCUT2D eigenvalue weighted by atomic mass is 10.3. The maximum Gasteiger partial charge on any atom is 0.264 e. The van der Waals surface area contributed by atoms with Gasteiger partial charge in [0.1, 0.15) is 24.1 Å². The zero-order valence-corrected chi connectivity index (χ0v) is 10.7. The van der Waals surface area contributed by atoms with Crippen molar-refractivity contribution in [2.24, 2.45) is 5.73 Å². The molecule has 106 valence electrons. The quantitative estimate of drug-likeness (QED) is 0.744. The first-order valence-electron chi connectivity index (χ1n) is 6.03. The molecule has 0 aliphatic carbocycles. The summed E-state index contributed by atoms with van der Waals surface area (Å²) in [6, 6.07) is 5.63. The minimum absolute atomic E-state index is 0.247. The van der Waals surface area contributed by atoms with E-state index in [-0.39, 0.29) is 17.7 Å². The average Bonchev–Trinajstić information content (AvgIpc) is 2.87. The fourth-order valence-electron chi connectivity index (χ4n) is 2.00. The van der Waals surface area contributed by atoms with Gasteiger partial charge in [-0.15, -0.1) is 0 Å². The molecule has 0 saturated heterocycles. The highest BCUT2D eigenvalue weighted by Gasteiger charge is 2.12. The Hall–Kier alpha value is -3.03. The molecule has 2 aromatic heterocycles. The standard InChI is InChI=1S/C13H10FN5O2/c14-8-1-3-9(4-2-8)19-12-10(5-17-19)13(21)18(7-16-12)6-11(15)20/h1-5,7H,6H2,(H2,15,20). The number of primary amides is 1. The summed E-state index contributed by atoms with van der Waals surface area (Å²) in [6.45, 7) is -0.247. The highest BCUT2D eigenvalue weighted by Crippen LogP contribution is 2.13. The summed E-state index contributed by atoms with van der Waals surface area (Å²) < 4.78 is 15.5. The number of halogens is 1. The topological polar surface area (TPSA) is 95.8 Å². The molecule has 21 heavy (non-hydrogen) atoms. The van der Waals surface area contributed by atoms with Crippen LogP contribution in [-0.2, 0) is 11.3 Å². The van der Waals surface area contributed by atoms with E-state index in [0.29, 0.717) is 11.3 Å². The van der Waals surface area contributed by atoms with E-state index in [4.69, 9.17) is 5.73 Å². The molecule has 0 fully saturated rings. The second kappa shape index (κ2) is 4.82. The molecular formula is C13H10FN5O2. The van der Waals surface area contributed by atoms with Gasteiger partial charge in [-0.2, -0.15) is 5.10 Å². The van der Waals surface area contributed by atoms with Crippen LogP contribution < -0.4 is 11.3 Å². The molecule has 0 aliphatic rings. The van der Waals surface area contributed by atoms with Gasteiger partial charge in [0.05, 0.1) is 11.9 Å². The van der Waals surface area contributed by atoms with Crippen LogP contribution in [0.4, 0.5) is 4.39 Å². The molecule has 0 unspecified atom stereocenters. The summed E-state index contributed by atoms with van der Waals surface area (Å²) in [5, 5.41) is 4.33. The molecule has 1 aromatic carbocycles. The molecular weight excluding hydrogens is 277 g/mol. The normalized spacial score (nSPS) is 10.9. The highest BCUT2D eigenvalue weighted by atomic mass is 19.1. The van der Waals surface area contributed by atoms with Gasteiger partial charge in [0.15, 0.2) is 5.65 Å². The molecule has 2 heterocycles. The van der Waals surface area contributed by atoms with Gasteiger partial charge in [0.25, 0.3) is 5.56 Å². The van der Waals surface area contributed by atoms with E-state index >= 15 is 0 Å². The lowest BCUT2D eigenvalue weighted by molar-refractivity contribution is -0.118. The van der Waals surface area contributed by atoms with Crippen molar-refractivity contribution in [3.63, 3.8) is 0 Å². The Morgan fingerprint density at radius 3 is 2.67 bits per heavy atom. The van der Waals surface area contributed by atoms with E-state index in [1.807, 2.05) is 0 Å². The zero-order valence-electron chi connectivity index (χ0n) is 10.7. The zero-order chi connectivity index (χ0) is 15.0. The van der Waals surface area contributed by atoms with Crippen molar-refractivity contribution in [2.45, 2.75) is 6.54 Å². The maximum absolute atomic E-state index is 12.9. The fraction of sp³-hybridized carbons (Fsp3) is 0.0769. The summed E-state index contributed by atoms with van der Waals surface area (Å²) >= 11 is 0. The van der Waals surface area contributed by atoms with E-state index in [9.17, 15) is 14.0 Å². The largest absolute Gasteiger partial charge is 0.368 e. The van der Waals surface area contributed by atoms with Gasteiger partial charge in [0.2, 0.25) is 5.91 Å². The van der Waals surface area contributed by atoms with Crippen LogP contribution in [0.25, 0.3) is 16.7 Å². The van der Waals surface area contributed by atoms with Gasteiger partial charge in [-0.3, -0.25) is 14.2 Å². The predicted molar refractivity (Wildman–Crippen MR) is 72.3 cm³/mol. The van der Waals surface area contributed by atoms with Crippen molar-refractivity contribution >= 4 is 16.9 Å². The van der Waals surface area contributed by atoms with Crippen molar-refractivity contribution in [2.75, 3.05) is 0 Å². The van der Waals surface area contributed by atoms with Crippen LogP contribution in [-0.4, -0.2) is 25.2 Å². The van der Waals surface area contributed by atoms with E-state index in [0.717, 1.165) is 4.57 Å². The minimum Gasteiger partial charge on any atom is -0.368 e. The first-order valence-corrected chi connectivity index (χ1v) is 6.03. The summed E-state index contributed by atoms with van der Waals surface area (Å²) in [7, 11) is 0. The molecule has 0 aliphatic heterocycles. The molecule has 3 aromatic rings. The van der Waals surface area contributed by atoms with Gasteiger partial charge in [-0.05, 0) is 24.3 Å². The lowest BCUT2D eigenvalue weighted by Gasteiger charge is -2.04. The summed E-state index contributed by atoms with van der Waals surface area (Å²) in [5.41, 5.74) is 5.56. The number of rotatable bonds is 3. The summed E-state index contributed by atoms with van der Waals surface area (Å²) in [4.78, 5) is 27.2. The molecule has 0 radical (unpaired) electrons. The number of nitrogens with zero attached hydrogens (tertiary/aromatic N) is 4. The second-order valence-electron chi connectivity index (χ2n) is 4.41. The predicted octanol–water partition coefficient (Wildman–Crippen LogP) is 0.207. The number of nitrogens with two attached hydrogens (primary N) is 1. The third-order valence-electron chi connectivity index (χ3n) is 2.95. The number of hydrogen-bond donors (Lipinski definition) is 1. The molecule has 0 bridgehead atoms. The third kappa shape index (κ3) is 2.27.